The van der Waals surface area contributed by atoms with Crippen LogP contribution in [0.25, 0.3) is 5.76 Å². The summed E-state index contributed by atoms with van der Waals surface area (Å²) < 4.78 is 23.2. The smallest absolute Gasteiger partial charge is 0.224 e. The van der Waals surface area contributed by atoms with Crippen molar-refractivity contribution >= 4 is 11.5 Å². The largest absolute Gasteiger partial charge is 0.504 e. The van der Waals surface area contributed by atoms with Crippen molar-refractivity contribution in [3.8, 4) is 0 Å². The maximum atomic E-state index is 12.9. The number of carbonyl (C=O) groups excluding carboxylic acids is 1. The number of aromatic nitrogens is 1. The summed E-state index contributed by atoms with van der Waals surface area (Å²) in [5.41, 5.74) is 1.46. The molecule has 0 aliphatic rings. The van der Waals surface area contributed by atoms with Crippen molar-refractivity contribution in [3.63, 3.8) is 0 Å². The van der Waals surface area contributed by atoms with Crippen LogP contribution in [0.1, 0.15) is 33.3 Å². The van der Waals surface area contributed by atoms with Gasteiger partial charge in [0.05, 0.1) is 5.69 Å². The van der Waals surface area contributed by atoms with Crippen LogP contribution in [0.3, 0.4) is 0 Å². The molecule has 0 radical (unpaired) electrons. The number of aliphatic hydroxyl groups excluding tert-OH is 1. The first-order valence-corrected chi connectivity index (χ1v) is 7.23. The van der Waals surface area contributed by atoms with E-state index in [1.165, 1.54) is 24.3 Å². The first-order chi connectivity index (χ1) is 11.5. The molecule has 0 atom stereocenters. The molecule has 24 heavy (non-hydrogen) atoms. The Morgan fingerprint density at radius 1 is 1.21 bits per heavy atom. The van der Waals surface area contributed by atoms with Crippen LogP contribution in [0.5, 0.6) is 0 Å². The summed E-state index contributed by atoms with van der Waals surface area (Å²) in [6, 6.07) is 10.7. The Hall–Kier alpha value is -3.15. The van der Waals surface area contributed by atoms with Gasteiger partial charge >= 0.3 is 0 Å². The van der Waals surface area contributed by atoms with Crippen molar-refractivity contribution in [1.82, 2.24) is 5.16 Å². The number of furan rings is 1. The number of aryl methyl sites for hydroxylation is 1. The normalized spacial score (nSPS) is 11.7. The lowest BCUT2D eigenvalue weighted by atomic mass is 10.1. The topological polar surface area (TPSA) is 76.5 Å². The lowest BCUT2D eigenvalue weighted by Gasteiger charge is -1.98. The lowest BCUT2D eigenvalue weighted by molar-refractivity contribution is 0.101. The SMILES string of the molecule is Cc1cc(/C(O)=C/C(=O)c2ccc(Cc3ccc(F)cc3)o2)on1. The molecule has 2 heterocycles. The Balaban J connectivity index is 1.72. The molecule has 0 amide bonds. The molecular weight excluding hydrogens is 313 g/mol. The number of allylic oxidation sites excluding steroid dienone is 1. The molecule has 0 saturated carbocycles. The summed E-state index contributed by atoms with van der Waals surface area (Å²) in [4.78, 5) is 12.1. The highest BCUT2D eigenvalue weighted by Gasteiger charge is 2.13. The molecule has 122 valence electrons. The molecule has 0 saturated heterocycles. The number of halogens is 1. The molecule has 5 nitrogen and oxygen atoms in total. The van der Waals surface area contributed by atoms with Gasteiger partial charge < -0.3 is 14.0 Å². The maximum Gasteiger partial charge on any atom is 0.224 e. The van der Waals surface area contributed by atoms with Gasteiger partial charge in [0.25, 0.3) is 0 Å². The van der Waals surface area contributed by atoms with E-state index < -0.39 is 5.78 Å². The summed E-state index contributed by atoms with van der Waals surface area (Å²) in [6.07, 6.45) is 1.45. The number of ketones is 1. The third-order valence-electron chi connectivity index (χ3n) is 3.34. The van der Waals surface area contributed by atoms with Gasteiger partial charge in [-0.2, -0.15) is 0 Å². The average Bonchev–Trinajstić information content (AvgIpc) is 3.19. The van der Waals surface area contributed by atoms with Gasteiger partial charge in [-0.15, -0.1) is 0 Å². The molecule has 0 unspecified atom stereocenters. The molecule has 0 fully saturated rings. The molecule has 6 heteroatoms. The van der Waals surface area contributed by atoms with Crippen LogP contribution in [-0.2, 0) is 6.42 Å². The van der Waals surface area contributed by atoms with Gasteiger partial charge in [-0.3, -0.25) is 4.79 Å². The van der Waals surface area contributed by atoms with Gasteiger partial charge in [0.15, 0.2) is 11.5 Å². The van der Waals surface area contributed by atoms with Crippen molar-refractivity contribution in [2.45, 2.75) is 13.3 Å². The number of benzene rings is 1. The van der Waals surface area contributed by atoms with Crippen LogP contribution in [-0.4, -0.2) is 16.0 Å². The highest BCUT2D eigenvalue weighted by Crippen LogP contribution is 2.17. The third kappa shape index (κ3) is 3.60. The highest BCUT2D eigenvalue weighted by molar-refractivity contribution is 6.05. The summed E-state index contributed by atoms with van der Waals surface area (Å²) in [7, 11) is 0. The number of carbonyl (C=O) groups is 1. The van der Waals surface area contributed by atoms with E-state index in [2.05, 4.69) is 5.16 Å². The first kappa shape index (κ1) is 15.7. The van der Waals surface area contributed by atoms with Crippen molar-refractivity contribution in [1.29, 1.82) is 0 Å². The van der Waals surface area contributed by atoms with E-state index in [4.69, 9.17) is 8.94 Å². The predicted molar refractivity (Wildman–Crippen MR) is 84.1 cm³/mol. The Bertz CT molecular complexity index is 890. The van der Waals surface area contributed by atoms with Gasteiger partial charge in [-0.25, -0.2) is 4.39 Å². The third-order valence-corrected chi connectivity index (χ3v) is 3.34. The van der Waals surface area contributed by atoms with Crippen LogP contribution in [0.15, 0.2) is 57.5 Å². The first-order valence-electron chi connectivity index (χ1n) is 7.23. The van der Waals surface area contributed by atoms with E-state index in [1.54, 1.807) is 25.1 Å². The molecule has 0 aliphatic carbocycles. The van der Waals surface area contributed by atoms with Crippen LogP contribution >= 0.6 is 0 Å². The number of hydrogen-bond acceptors (Lipinski definition) is 5. The zero-order valence-electron chi connectivity index (χ0n) is 12.8. The van der Waals surface area contributed by atoms with Crippen LogP contribution in [0.2, 0.25) is 0 Å². The van der Waals surface area contributed by atoms with Crippen LogP contribution in [0, 0.1) is 12.7 Å². The van der Waals surface area contributed by atoms with E-state index in [0.717, 1.165) is 11.6 Å². The second-order valence-corrected chi connectivity index (χ2v) is 5.30. The molecule has 3 rings (SSSR count). The number of aliphatic hydroxyl groups is 1. The fourth-order valence-corrected chi connectivity index (χ4v) is 2.16. The van der Waals surface area contributed by atoms with Gasteiger partial charge in [0.2, 0.25) is 11.5 Å². The Morgan fingerprint density at radius 2 is 1.96 bits per heavy atom. The lowest BCUT2D eigenvalue weighted by Crippen LogP contribution is -1.94. The molecular formula is C18H14FNO4. The zero-order valence-corrected chi connectivity index (χ0v) is 12.8. The zero-order chi connectivity index (χ0) is 17.1. The summed E-state index contributed by atoms with van der Waals surface area (Å²) in [5, 5.41) is 13.5. The van der Waals surface area contributed by atoms with Crippen molar-refractivity contribution in [3.05, 3.63) is 82.9 Å². The average molecular weight is 327 g/mol. The summed E-state index contributed by atoms with van der Waals surface area (Å²) >= 11 is 0. The van der Waals surface area contributed by atoms with Gasteiger partial charge in [-0.1, -0.05) is 17.3 Å². The van der Waals surface area contributed by atoms with E-state index in [9.17, 15) is 14.3 Å². The Labute approximate surface area is 137 Å². The molecule has 0 aliphatic heterocycles. The van der Waals surface area contributed by atoms with Crippen LogP contribution < -0.4 is 0 Å². The van der Waals surface area contributed by atoms with Crippen molar-refractivity contribution < 1.29 is 23.2 Å². The van der Waals surface area contributed by atoms with Gasteiger partial charge in [-0.05, 0) is 36.8 Å². The minimum atomic E-state index is -0.494. The van der Waals surface area contributed by atoms with E-state index in [1.807, 2.05) is 0 Å². The molecule has 0 spiro atoms. The summed E-state index contributed by atoms with van der Waals surface area (Å²) in [5.74, 6) is -0.358. The van der Waals surface area contributed by atoms with E-state index >= 15 is 0 Å². The molecule has 1 aromatic carbocycles. The fraction of sp³-hybridized carbons (Fsp3) is 0.111. The predicted octanol–water partition coefficient (Wildman–Crippen LogP) is 4.09. The van der Waals surface area contributed by atoms with Gasteiger partial charge in [0.1, 0.15) is 11.6 Å². The molecule has 3 aromatic rings. The minimum Gasteiger partial charge on any atom is -0.504 e. The Kier molecular flexibility index (Phi) is 4.29. The summed E-state index contributed by atoms with van der Waals surface area (Å²) in [6.45, 7) is 1.70. The van der Waals surface area contributed by atoms with Crippen molar-refractivity contribution in [2.75, 3.05) is 0 Å². The maximum absolute atomic E-state index is 12.9. The fourth-order valence-electron chi connectivity index (χ4n) is 2.16. The molecule has 0 bridgehead atoms. The van der Waals surface area contributed by atoms with E-state index in [-0.39, 0.29) is 23.1 Å². The number of nitrogens with zero attached hydrogens (tertiary/aromatic N) is 1. The second kappa shape index (κ2) is 6.54. The molecule has 2 aromatic heterocycles. The quantitative estimate of drug-likeness (QED) is 0.434. The molecule has 1 N–H and O–H groups in total. The van der Waals surface area contributed by atoms with E-state index in [0.29, 0.717) is 17.9 Å². The Morgan fingerprint density at radius 3 is 2.62 bits per heavy atom. The minimum absolute atomic E-state index is 0.0925. The van der Waals surface area contributed by atoms with Gasteiger partial charge in [0, 0.05) is 18.6 Å². The standard InChI is InChI=1S/C18H14FNO4/c1-11-8-18(24-20-11)16(22)10-15(21)17-7-6-14(23-17)9-12-2-4-13(19)5-3-12/h2-8,10,22H,9H2,1H3/b16-10-. The highest BCUT2D eigenvalue weighted by atomic mass is 19.1. The van der Waals surface area contributed by atoms with Crippen molar-refractivity contribution in [2.24, 2.45) is 0 Å². The second-order valence-electron chi connectivity index (χ2n) is 5.30. The number of hydrogen-bond donors (Lipinski definition) is 1. The van der Waals surface area contributed by atoms with Crippen LogP contribution in [0.4, 0.5) is 4.39 Å². The number of rotatable bonds is 5. The monoisotopic (exact) mass is 327 g/mol.